The zero-order chi connectivity index (χ0) is 18.8. The number of benzene rings is 2. The summed E-state index contributed by atoms with van der Waals surface area (Å²) in [5, 5.41) is 6.41. The number of hydrogen-bond acceptors (Lipinski definition) is 3. The number of hydrogen-bond donors (Lipinski definition) is 2. The number of ether oxygens (including phenoxy) is 1. The topological polar surface area (TPSA) is 67.4 Å². The van der Waals surface area contributed by atoms with Gasteiger partial charge in [-0.15, -0.1) is 0 Å². The maximum absolute atomic E-state index is 12.4. The fourth-order valence-corrected chi connectivity index (χ4v) is 3.59. The van der Waals surface area contributed by atoms with Gasteiger partial charge in [-0.3, -0.25) is 9.59 Å². The van der Waals surface area contributed by atoms with Gasteiger partial charge in [0.2, 0.25) is 0 Å². The normalized spacial score (nSPS) is 18.0. The van der Waals surface area contributed by atoms with Gasteiger partial charge in [0.1, 0.15) is 0 Å². The number of anilines is 1. The van der Waals surface area contributed by atoms with Crippen molar-refractivity contribution in [2.45, 2.75) is 31.7 Å². The molecule has 5 nitrogen and oxygen atoms in total. The van der Waals surface area contributed by atoms with E-state index in [9.17, 15) is 9.59 Å². The van der Waals surface area contributed by atoms with Gasteiger partial charge in [0.25, 0.3) is 11.8 Å². The predicted octanol–water partition coefficient (Wildman–Crippen LogP) is 4.38. The molecule has 1 aliphatic carbocycles. The van der Waals surface area contributed by atoms with Gasteiger partial charge >= 0.3 is 0 Å². The van der Waals surface area contributed by atoms with Crippen LogP contribution in [0.1, 0.15) is 41.6 Å². The van der Waals surface area contributed by atoms with E-state index < -0.39 is 0 Å². The largest absolute Gasteiger partial charge is 0.449 e. The maximum Gasteiger partial charge on any atom is 0.291 e. The maximum atomic E-state index is 12.4. The van der Waals surface area contributed by atoms with Crippen molar-refractivity contribution >= 4 is 35.2 Å². The number of fused-ring (bicyclic) bond motifs is 1. The van der Waals surface area contributed by atoms with Crippen LogP contribution in [0.3, 0.4) is 0 Å². The first kappa shape index (κ1) is 17.6. The molecule has 0 spiro atoms. The number of halogens is 1. The van der Waals surface area contributed by atoms with E-state index in [1.807, 2.05) is 6.07 Å². The number of carbonyl (C=O) groups is 2. The van der Waals surface area contributed by atoms with Gasteiger partial charge in [-0.1, -0.05) is 36.6 Å². The minimum Gasteiger partial charge on any atom is -0.449 e. The van der Waals surface area contributed by atoms with Gasteiger partial charge in [-0.05, 0) is 54.8 Å². The molecule has 2 aliphatic rings. The monoisotopic (exact) mass is 382 g/mol. The highest BCUT2D eigenvalue weighted by molar-refractivity contribution is 6.30. The van der Waals surface area contributed by atoms with E-state index in [1.165, 1.54) is 0 Å². The zero-order valence-corrected chi connectivity index (χ0v) is 15.4. The smallest absolute Gasteiger partial charge is 0.291 e. The van der Waals surface area contributed by atoms with Crippen LogP contribution < -0.4 is 15.4 Å². The Morgan fingerprint density at radius 3 is 2.78 bits per heavy atom. The van der Waals surface area contributed by atoms with Crippen molar-refractivity contribution in [1.82, 2.24) is 5.32 Å². The van der Waals surface area contributed by atoms with Crippen molar-refractivity contribution in [3.63, 3.8) is 0 Å². The molecule has 0 radical (unpaired) electrons. The summed E-state index contributed by atoms with van der Waals surface area (Å²) in [7, 11) is 0. The molecule has 0 saturated heterocycles. The number of amides is 2. The lowest BCUT2D eigenvalue weighted by atomic mass is 10.1. The van der Waals surface area contributed by atoms with Gasteiger partial charge < -0.3 is 15.4 Å². The van der Waals surface area contributed by atoms with Crippen molar-refractivity contribution in [1.29, 1.82) is 0 Å². The van der Waals surface area contributed by atoms with Crippen LogP contribution in [0.2, 0.25) is 5.02 Å². The summed E-state index contributed by atoms with van der Waals surface area (Å²) in [6.45, 7) is 0. The van der Waals surface area contributed by atoms with Crippen LogP contribution in [0.4, 0.5) is 5.69 Å². The molecule has 1 fully saturated rings. The van der Waals surface area contributed by atoms with Crippen molar-refractivity contribution in [3.05, 3.63) is 64.4 Å². The summed E-state index contributed by atoms with van der Waals surface area (Å²) in [4.78, 5) is 24.8. The molecule has 138 valence electrons. The Kier molecular flexibility index (Phi) is 4.86. The van der Waals surface area contributed by atoms with Crippen LogP contribution in [0, 0.1) is 0 Å². The third kappa shape index (κ3) is 3.98. The molecular formula is C21H19ClN2O3. The molecule has 1 heterocycles. The molecule has 2 aromatic carbocycles. The van der Waals surface area contributed by atoms with Crippen LogP contribution in [-0.4, -0.2) is 17.9 Å². The van der Waals surface area contributed by atoms with E-state index in [4.69, 9.17) is 16.3 Å². The molecule has 6 heteroatoms. The lowest BCUT2D eigenvalue weighted by molar-refractivity contribution is -0.115. The Balaban J connectivity index is 1.53. The Bertz CT molecular complexity index is 933. The number of carbonyl (C=O) groups excluding carboxylic acids is 2. The summed E-state index contributed by atoms with van der Waals surface area (Å²) in [5.41, 5.74) is 1.76. The van der Waals surface area contributed by atoms with Crippen LogP contribution in [0.15, 0.2) is 48.2 Å². The van der Waals surface area contributed by atoms with Crippen molar-refractivity contribution in [3.8, 4) is 5.75 Å². The Morgan fingerprint density at radius 1 is 1.19 bits per heavy atom. The minimum atomic E-state index is -0.365. The molecule has 2 aromatic rings. The lowest BCUT2D eigenvalue weighted by Crippen LogP contribution is -2.32. The molecule has 2 N–H and O–H groups in total. The standard InChI is InChI=1S/C21H19ClN2O3/c22-15-5-3-4-13(10-15)11-19-21(26)24-17-12-14(8-9-18(17)27-19)20(25)23-16-6-1-2-7-16/h3-5,8-12,16H,1-2,6-7H2,(H,23,25)(H,24,26). The van der Waals surface area contributed by atoms with Crippen molar-refractivity contribution in [2.75, 3.05) is 5.32 Å². The fraction of sp³-hybridized carbons (Fsp3) is 0.238. The van der Waals surface area contributed by atoms with Crippen LogP contribution in [0.5, 0.6) is 5.75 Å². The van der Waals surface area contributed by atoms with Crippen LogP contribution >= 0.6 is 11.6 Å². The molecule has 0 unspecified atom stereocenters. The Morgan fingerprint density at radius 2 is 2.00 bits per heavy atom. The Labute approximate surface area is 162 Å². The zero-order valence-electron chi connectivity index (χ0n) is 14.6. The summed E-state index contributed by atoms with van der Waals surface area (Å²) in [5.74, 6) is 0.184. The molecule has 4 rings (SSSR count). The summed E-state index contributed by atoms with van der Waals surface area (Å²) >= 11 is 5.98. The minimum absolute atomic E-state index is 0.126. The summed E-state index contributed by atoms with van der Waals surface area (Å²) in [6.07, 6.45) is 5.98. The molecule has 1 saturated carbocycles. The second-order valence-corrected chi connectivity index (χ2v) is 7.22. The van der Waals surface area contributed by atoms with Crippen LogP contribution in [-0.2, 0) is 4.79 Å². The Hall–Kier alpha value is -2.79. The molecule has 2 amide bonds. The van der Waals surface area contributed by atoms with Gasteiger partial charge in [-0.2, -0.15) is 0 Å². The summed E-state index contributed by atoms with van der Waals surface area (Å²) in [6, 6.07) is 12.4. The molecule has 0 bridgehead atoms. The van der Waals surface area contributed by atoms with E-state index >= 15 is 0 Å². The molecule has 1 aliphatic heterocycles. The van der Waals surface area contributed by atoms with E-state index in [-0.39, 0.29) is 23.6 Å². The fourth-order valence-electron chi connectivity index (χ4n) is 3.39. The molecular weight excluding hydrogens is 364 g/mol. The van der Waals surface area contributed by atoms with E-state index in [0.29, 0.717) is 22.0 Å². The van der Waals surface area contributed by atoms with Crippen LogP contribution in [0.25, 0.3) is 6.08 Å². The first-order chi connectivity index (χ1) is 13.1. The van der Waals surface area contributed by atoms with Gasteiger partial charge in [0, 0.05) is 16.6 Å². The highest BCUT2D eigenvalue weighted by atomic mass is 35.5. The third-order valence-corrected chi connectivity index (χ3v) is 5.01. The van der Waals surface area contributed by atoms with E-state index in [1.54, 1.807) is 42.5 Å². The van der Waals surface area contributed by atoms with Gasteiger partial charge in [-0.25, -0.2) is 0 Å². The van der Waals surface area contributed by atoms with Gasteiger partial charge in [0.05, 0.1) is 5.69 Å². The number of rotatable bonds is 3. The average molecular weight is 383 g/mol. The summed E-state index contributed by atoms with van der Waals surface area (Å²) < 4.78 is 5.73. The SMILES string of the molecule is O=C1Nc2cc(C(=O)NC3CCCC3)ccc2OC1=Cc1cccc(Cl)c1. The lowest BCUT2D eigenvalue weighted by Gasteiger charge is -2.21. The van der Waals surface area contributed by atoms with Crippen molar-refractivity contribution < 1.29 is 14.3 Å². The predicted molar refractivity (Wildman–Crippen MR) is 105 cm³/mol. The highest BCUT2D eigenvalue weighted by Crippen LogP contribution is 2.32. The molecule has 0 atom stereocenters. The third-order valence-electron chi connectivity index (χ3n) is 4.77. The average Bonchev–Trinajstić information content (AvgIpc) is 3.15. The van der Waals surface area contributed by atoms with Crippen molar-refractivity contribution in [2.24, 2.45) is 0 Å². The number of nitrogens with one attached hydrogen (secondary N) is 2. The second kappa shape index (κ2) is 7.45. The molecule has 0 aromatic heterocycles. The first-order valence-electron chi connectivity index (χ1n) is 9.00. The quantitative estimate of drug-likeness (QED) is 0.774. The first-order valence-corrected chi connectivity index (χ1v) is 9.38. The van der Waals surface area contributed by atoms with E-state index in [2.05, 4.69) is 10.6 Å². The molecule has 27 heavy (non-hydrogen) atoms. The van der Waals surface area contributed by atoms with Gasteiger partial charge in [0.15, 0.2) is 11.5 Å². The highest BCUT2D eigenvalue weighted by Gasteiger charge is 2.24. The second-order valence-electron chi connectivity index (χ2n) is 6.79. The van der Waals surface area contributed by atoms with E-state index in [0.717, 1.165) is 31.2 Å².